The van der Waals surface area contributed by atoms with Crippen molar-refractivity contribution in [3.05, 3.63) is 105 Å². The molecule has 0 fully saturated rings. The summed E-state index contributed by atoms with van der Waals surface area (Å²) in [5.41, 5.74) is 8.16. The summed E-state index contributed by atoms with van der Waals surface area (Å²) in [4.78, 5) is 14.2. The summed E-state index contributed by atoms with van der Waals surface area (Å²) in [5, 5.41) is 0. The van der Waals surface area contributed by atoms with Crippen LogP contribution in [0.2, 0.25) is 4.44 Å². The summed E-state index contributed by atoms with van der Waals surface area (Å²) < 4.78 is 9.14. The zero-order valence-corrected chi connectivity index (χ0v) is 25.2. The third kappa shape index (κ3) is 7.67. The van der Waals surface area contributed by atoms with Gasteiger partial charge < -0.3 is 0 Å². The number of hydrogen-bond acceptors (Lipinski definition) is 3. The molecule has 1 unspecified atom stereocenters. The van der Waals surface area contributed by atoms with E-state index in [2.05, 4.69) is 101 Å². The van der Waals surface area contributed by atoms with Crippen molar-refractivity contribution in [1.82, 2.24) is 4.90 Å². The summed E-state index contributed by atoms with van der Waals surface area (Å²) in [6, 6.07) is 24.1. The number of hydrogen-bond donors (Lipinski definition) is 0. The molecule has 0 aliphatic carbocycles. The van der Waals surface area contributed by atoms with Crippen LogP contribution in [0.15, 0.2) is 71.2 Å². The number of ether oxygens (including phenoxy) is 1. The number of unbranched alkanes of at least 4 members (excludes halogenated alkanes) is 1. The van der Waals surface area contributed by atoms with Gasteiger partial charge in [-0.1, -0.05) is 0 Å². The Morgan fingerprint density at radius 1 is 1.00 bits per heavy atom. The van der Waals surface area contributed by atoms with E-state index in [1.165, 1.54) is 45.1 Å². The van der Waals surface area contributed by atoms with Crippen LogP contribution < -0.4 is 0 Å². The van der Waals surface area contributed by atoms with E-state index in [1.54, 1.807) is 0 Å². The fraction of sp³-hybridized carbons (Fsp3) is 0.367. The van der Waals surface area contributed by atoms with Crippen LogP contribution in [0.5, 0.6) is 0 Å². The van der Waals surface area contributed by atoms with Gasteiger partial charge in [-0.05, 0) is 0 Å². The molecule has 0 saturated heterocycles. The summed E-state index contributed by atoms with van der Waals surface area (Å²) in [6.45, 7) is 8.38. The molecule has 1 radical (unpaired) electrons. The quantitative estimate of drug-likeness (QED) is 0.129. The molecule has 0 amide bonds. The zero-order chi connectivity index (χ0) is 24.6. The first-order valence-electron chi connectivity index (χ1n) is 12.6. The predicted molar refractivity (Wildman–Crippen MR) is 149 cm³/mol. The fourth-order valence-electron chi connectivity index (χ4n) is 5.28. The Morgan fingerprint density at radius 2 is 1.71 bits per heavy atom. The average Bonchev–Trinajstić information content (AvgIpc) is 2.84. The van der Waals surface area contributed by atoms with Crippen molar-refractivity contribution in [2.75, 3.05) is 13.1 Å². The topological polar surface area (TPSA) is 29.5 Å². The maximum atomic E-state index is 11.6. The van der Waals surface area contributed by atoms with Crippen LogP contribution in [0.25, 0.3) is 0 Å². The van der Waals surface area contributed by atoms with Crippen molar-refractivity contribution in [1.29, 1.82) is 0 Å². The first-order valence-corrected chi connectivity index (χ1v) is 19.0. The van der Waals surface area contributed by atoms with Gasteiger partial charge in [-0.25, -0.2) is 0 Å². The first-order chi connectivity index (χ1) is 17.0. The summed E-state index contributed by atoms with van der Waals surface area (Å²) >= 11 is 1.33. The Bertz CT molecular complexity index is 1100. The number of rotatable bonds is 11. The molecule has 0 bridgehead atoms. The molecule has 1 aliphatic heterocycles. The van der Waals surface area contributed by atoms with Gasteiger partial charge in [0.1, 0.15) is 0 Å². The molecule has 0 spiro atoms. The summed E-state index contributed by atoms with van der Waals surface area (Å²) in [6.07, 6.45) is 3.56. The number of nitrogens with zero attached hydrogens (tertiary/aromatic N) is 1. The SMILES string of the molecule is Cc1cc(C)cc([CH2][Sn]([CH2]CCCN2CCc3ccccc3C2)[CH](OC=O)c2ccc(Br)cc2)c1. The van der Waals surface area contributed by atoms with E-state index in [0.29, 0.717) is 6.47 Å². The minimum atomic E-state index is -2.21. The van der Waals surface area contributed by atoms with Gasteiger partial charge in [0, 0.05) is 0 Å². The molecule has 4 rings (SSSR count). The van der Waals surface area contributed by atoms with Crippen LogP contribution in [-0.2, 0) is 26.9 Å². The molecule has 5 heteroatoms. The van der Waals surface area contributed by atoms with Gasteiger partial charge in [0.05, 0.1) is 0 Å². The molecule has 1 heterocycles. The van der Waals surface area contributed by atoms with Crippen molar-refractivity contribution in [2.24, 2.45) is 0 Å². The van der Waals surface area contributed by atoms with Crippen LogP contribution in [-0.4, -0.2) is 44.2 Å². The van der Waals surface area contributed by atoms with Gasteiger partial charge in [-0.2, -0.15) is 0 Å². The van der Waals surface area contributed by atoms with Crippen molar-refractivity contribution >= 4 is 42.2 Å². The number of aryl methyl sites for hydroxylation is 2. The molecular weight excluding hydrogens is 605 g/mol. The average molecular weight is 640 g/mol. The Labute approximate surface area is 225 Å². The molecule has 3 nitrogen and oxygen atoms in total. The Hall–Kier alpha value is -1.63. The van der Waals surface area contributed by atoms with Crippen molar-refractivity contribution < 1.29 is 9.53 Å². The Balaban J connectivity index is 1.43. The van der Waals surface area contributed by atoms with Gasteiger partial charge >= 0.3 is 227 Å². The third-order valence-corrected chi connectivity index (χ3v) is 16.2. The van der Waals surface area contributed by atoms with Gasteiger partial charge in [0.15, 0.2) is 0 Å². The second kappa shape index (κ2) is 13.1. The number of halogens is 1. The van der Waals surface area contributed by atoms with Crippen LogP contribution in [0.4, 0.5) is 0 Å². The molecule has 1 aliphatic rings. The third-order valence-electron chi connectivity index (χ3n) is 6.88. The molecule has 3 aromatic carbocycles. The number of benzene rings is 3. The van der Waals surface area contributed by atoms with E-state index in [1.807, 2.05) is 0 Å². The van der Waals surface area contributed by atoms with Gasteiger partial charge in [-0.3, -0.25) is 0 Å². The van der Waals surface area contributed by atoms with E-state index in [-0.39, 0.29) is 4.12 Å². The van der Waals surface area contributed by atoms with Crippen LogP contribution in [0.3, 0.4) is 0 Å². The zero-order valence-electron chi connectivity index (χ0n) is 20.8. The summed E-state index contributed by atoms with van der Waals surface area (Å²) in [5.74, 6) is 0. The van der Waals surface area contributed by atoms with E-state index in [0.717, 1.165) is 40.5 Å². The fourth-order valence-corrected chi connectivity index (χ4v) is 14.0. The van der Waals surface area contributed by atoms with E-state index >= 15 is 0 Å². The number of carbonyl (C=O) groups is 1. The normalized spacial score (nSPS) is 14.5. The van der Waals surface area contributed by atoms with E-state index in [4.69, 9.17) is 4.74 Å². The van der Waals surface area contributed by atoms with Crippen LogP contribution in [0, 0.1) is 13.8 Å². The maximum absolute atomic E-state index is 11.6. The molecule has 0 N–H and O–H groups in total. The van der Waals surface area contributed by atoms with Gasteiger partial charge in [0.2, 0.25) is 0 Å². The van der Waals surface area contributed by atoms with Crippen molar-refractivity contribution in [3.63, 3.8) is 0 Å². The van der Waals surface area contributed by atoms with Gasteiger partial charge in [-0.15, -0.1) is 0 Å². The minimum absolute atomic E-state index is 0.0503. The second-order valence-electron chi connectivity index (χ2n) is 9.75. The number of fused-ring (bicyclic) bond motifs is 1. The van der Waals surface area contributed by atoms with Gasteiger partial charge in [0.25, 0.3) is 0 Å². The summed E-state index contributed by atoms with van der Waals surface area (Å²) in [7, 11) is 0. The monoisotopic (exact) mass is 640 g/mol. The molecule has 3 aromatic rings. The number of carbonyl (C=O) groups excluding carboxylic acids is 1. The predicted octanol–water partition coefficient (Wildman–Crippen LogP) is 6.93. The molecule has 1 atom stereocenters. The molecule has 35 heavy (non-hydrogen) atoms. The van der Waals surface area contributed by atoms with Crippen molar-refractivity contribution in [3.8, 4) is 0 Å². The molecule has 0 aromatic heterocycles. The standard InChI is InChI=1S/C13H18N.C9H11.C8H6BrO2.Sn/c1-2-3-9-14-10-8-12-6-4-5-7-13(12)11-14;1-7-4-8(2)6-9(3)5-7;9-8-3-1-7(2-4-8)5-11-6-10;/h4-7H,1-3,8-11H2;4-6H,1H2,2-3H3;1-6H;. The molecule has 0 saturated carbocycles. The molecular formula is C30H35BrNO2Sn. The van der Waals surface area contributed by atoms with Crippen LogP contribution >= 0.6 is 15.9 Å². The first kappa shape index (κ1) is 26.4. The Morgan fingerprint density at radius 3 is 2.43 bits per heavy atom. The Kier molecular flexibility index (Phi) is 9.87. The van der Waals surface area contributed by atoms with Crippen molar-refractivity contribution in [2.45, 2.75) is 52.6 Å². The second-order valence-corrected chi connectivity index (χ2v) is 18.4. The van der Waals surface area contributed by atoms with E-state index in [9.17, 15) is 4.79 Å². The molecule has 183 valence electrons. The van der Waals surface area contributed by atoms with E-state index < -0.39 is 19.8 Å². The van der Waals surface area contributed by atoms with Crippen LogP contribution in [0.1, 0.15) is 50.3 Å².